The summed E-state index contributed by atoms with van der Waals surface area (Å²) < 4.78 is 0. The number of tetrazole rings is 1. The third kappa shape index (κ3) is 2.09. The molecule has 0 bridgehead atoms. The normalized spacial score (nSPS) is 10.7. The van der Waals surface area contributed by atoms with Gasteiger partial charge in [-0.1, -0.05) is 12.1 Å². The zero-order valence-electron chi connectivity index (χ0n) is 9.51. The summed E-state index contributed by atoms with van der Waals surface area (Å²) in [5.41, 5.74) is 8.72. The fourth-order valence-corrected chi connectivity index (χ4v) is 1.51. The molecule has 0 spiro atoms. The minimum Gasteiger partial charge on any atom is -0.330 e. The Morgan fingerprint density at radius 1 is 1.31 bits per heavy atom. The van der Waals surface area contributed by atoms with Gasteiger partial charge in [-0.2, -0.15) is 0 Å². The molecule has 0 atom stereocenters. The molecule has 0 aliphatic rings. The van der Waals surface area contributed by atoms with Gasteiger partial charge in [-0.05, 0) is 42.8 Å². The third-order valence-electron chi connectivity index (χ3n) is 2.40. The number of aryl methyl sites for hydroxylation is 2. The minimum absolute atomic E-state index is 0.540. The van der Waals surface area contributed by atoms with Crippen LogP contribution in [0.5, 0.6) is 0 Å². The smallest absolute Gasteiger partial charge is 0.176 e. The van der Waals surface area contributed by atoms with Gasteiger partial charge >= 0.3 is 0 Å². The van der Waals surface area contributed by atoms with Crippen LogP contribution in [-0.4, -0.2) is 26.8 Å². The van der Waals surface area contributed by atoms with Crippen LogP contribution >= 0.6 is 0 Å². The van der Waals surface area contributed by atoms with Crippen LogP contribution in [0.25, 0.3) is 5.69 Å². The summed E-state index contributed by atoms with van der Waals surface area (Å²) in [4.78, 5) is 1.56. The Kier molecular flexibility index (Phi) is 2.96. The molecule has 2 rings (SSSR count). The second-order valence-electron chi connectivity index (χ2n) is 3.82. The summed E-state index contributed by atoms with van der Waals surface area (Å²) in [5.74, 6) is 0.684. The molecule has 0 fully saturated rings. The summed E-state index contributed by atoms with van der Waals surface area (Å²) in [6, 6.07) is 6.16. The first-order valence-corrected chi connectivity index (χ1v) is 5.27. The molecule has 0 aliphatic carbocycles. The first-order valence-electron chi connectivity index (χ1n) is 5.27. The monoisotopic (exact) mass is 217 g/mol. The topological polar surface area (TPSA) is 69.6 Å². The maximum absolute atomic E-state index is 5.45. The molecule has 2 N–H and O–H groups in total. The van der Waals surface area contributed by atoms with Gasteiger partial charge in [0.15, 0.2) is 5.82 Å². The van der Waals surface area contributed by atoms with Crippen LogP contribution < -0.4 is 5.73 Å². The number of aromatic nitrogens is 4. The molecule has 1 heterocycles. The lowest BCUT2D eigenvalue weighted by molar-refractivity contribution is 0.712. The second-order valence-corrected chi connectivity index (χ2v) is 3.82. The third-order valence-corrected chi connectivity index (χ3v) is 2.40. The van der Waals surface area contributed by atoms with Crippen molar-refractivity contribution in [3.05, 3.63) is 35.2 Å². The maximum Gasteiger partial charge on any atom is 0.176 e. The van der Waals surface area contributed by atoms with Gasteiger partial charge in [0.05, 0.1) is 5.69 Å². The predicted octanol–water partition coefficient (Wildman–Crippen LogP) is 0.780. The molecule has 2 aromatic rings. The summed E-state index contributed by atoms with van der Waals surface area (Å²) in [6.07, 6.45) is 0.658. The number of benzene rings is 1. The molecule has 0 unspecified atom stereocenters. The maximum atomic E-state index is 5.45. The molecular formula is C11H15N5. The summed E-state index contributed by atoms with van der Waals surface area (Å²) in [5, 5.41) is 12.3. The van der Waals surface area contributed by atoms with E-state index in [1.165, 1.54) is 5.56 Å². The molecule has 1 aromatic carbocycles. The number of nitrogens with two attached hydrogens (primary N) is 1. The highest BCUT2D eigenvalue weighted by atomic mass is 15.6. The Morgan fingerprint density at radius 3 is 2.88 bits per heavy atom. The SMILES string of the molecule is Cc1ccc(C)c(-n2nnc(CCN)n2)c1. The van der Waals surface area contributed by atoms with E-state index in [2.05, 4.69) is 27.5 Å². The van der Waals surface area contributed by atoms with Crippen molar-refractivity contribution in [2.24, 2.45) is 5.73 Å². The van der Waals surface area contributed by atoms with Gasteiger partial charge < -0.3 is 5.73 Å². The van der Waals surface area contributed by atoms with Gasteiger partial charge in [0.25, 0.3) is 0 Å². The summed E-state index contributed by atoms with van der Waals surface area (Å²) >= 11 is 0. The van der Waals surface area contributed by atoms with Crippen molar-refractivity contribution < 1.29 is 0 Å². The van der Waals surface area contributed by atoms with Crippen LogP contribution in [0.2, 0.25) is 0 Å². The van der Waals surface area contributed by atoms with E-state index in [1.807, 2.05) is 19.9 Å². The molecule has 16 heavy (non-hydrogen) atoms. The molecule has 5 heteroatoms. The molecule has 0 aliphatic heterocycles. The summed E-state index contributed by atoms with van der Waals surface area (Å²) in [7, 11) is 0. The fraction of sp³-hybridized carbons (Fsp3) is 0.364. The Balaban J connectivity index is 2.38. The molecule has 5 nitrogen and oxygen atoms in total. The van der Waals surface area contributed by atoms with Crippen molar-refractivity contribution in [1.29, 1.82) is 0 Å². The van der Waals surface area contributed by atoms with Gasteiger partial charge in [-0.15, -0.1) is 15.0 Å². The van der Waals surface area contributed by atoms with Crippen LogP contribution in [0, 0.1) is 13.8 Å². The lowest BCUT2D eigenvalue weighted by Gasteiger charge is -2.03. The summed E-state index contributed by atoms with van der Waals surface area (Å²) in [6.45, 7) is 4.61. The van der Waals surface area contributed by atoms with Crippen LogP contribution in [0.15, 0.2) is 18.2 Å². The number of nitrogens with zero attached hydrogens (tertiary/aromatic N) is 4. The van der Waals surface area contributed by atoms with E-state index < -0.39 is 0 Å². The number of rotatable bonds is 3. The first kappa shape index (κ1) is 10.8. The lowest BCUT2D eigenvalue weighted by Crippen LogP contribution is -2.05. The van der Waals surface area contributed by atoms with E-state index in [1.54, 1.807) is 4.80 Å². The van der Waals surface area contributed by atoms with Gasteiger partial charge in [0.2, 0.25) is 0 Å². The highest BCUT2D eigenvalue weighted by Gasteiger charge is 2.06. The van der Waals surface area contributed by atoms with Gasteiger partial charge in [-0.3, -0.25) is 0 Å². The van der Waals surface area contributed by atoms with Crippen molar-refractivity contribution >= 4 is 0 Å². The van der Waals surface area contributed by atoms with E-state index in [0.717, 1.165) is 11.3 Å². The Labute approximate surface area is 94.3 Å². The zero-order chi connectivity index (χ0) is 11.5. The molecule has 1 aromatic heterocycles. The van der Waals surface area contributed by atoms with E-state index in [4.69, 9.17) is 5.73 Å². The molecule has 0 saturated carbocycles. The standard InChI is InChI=1S/C11H15N5/c1-8-3-4-9(2)10(7-8)16-14-11(5-6-12)13-15-16/h3-4,7H,5-6,12H2,1-2H3. The number of hydrogen-bond acceptors (Lipinski definition) is 4. The Hall–Kier alpha value is -1.75. The molecular weight excluding hydrogens is 202 g/mol. The van der Waals surface area contributed by atoms with E-state index in [-0.39, 0.29) is 0 Å². The largest absolute Gasteiger partial charge is 0.330 e. The Morgan fingerprint density at radius 2 is 2.12 bits per heavy atom. The Bertz CT molecular complexity index is 489. The molecule has 0 amide bonds. The van der Waals surface area contributed by atoms with E-state index >= 15 is 0 Å². The molecule has 0 saturated heterocycles. The highest BCUT2D eigenvalue weighted by Crippen LogP contribution is 2.13. The van der Waals surface area contributed by atoms with Crippen LogP contribution in [0.3, 0.4) is 0 Å². The predicted molar refractivity (Wildman–Crippen MR) is 61.4 cm³/mol. The van der Waals surface area contributed by atoms with Crippen molar-refractivity contribution in [2.75, 3.05) is 6.54 Å². The zero-order valence-corrected chi connectivity index (χ0v) is 9.51. The quantitative estimate of drug-likeness (QED) is 0.824. The molecule has 84 valence electrons. The second kappa shape index (κ2) is 4.40. The van der Waals surface area contributed by atoms with Crippen molar-refractivity contribution in [1.82, 2.24) is 20.2 Å². The number of hydrogen-bond donors (Lipinski definition) is 1. The van der Waals surface area contributed by atoms with E-state index in [9.17, 15) is 0 Å². The van der Waals surface area contributed by atoms with Gasteiger partial charge in [0, 0.05) is 6.42 Å². The fourth-order valence-electron chi connectivity index (χ4n) is 1.51. The average Bonchev–Trinajstić information content (AvgIpc) is 2.71. The minimum atomic E-state index is 0.540. The van der Waals surface area contributed by atoms with E-state index in [0.29, 0.717) is 18.8 Å². The van der Waals surface area contributed by atoms with Crippen LogP contribution in [0.1, 0.15) is 17.0 Å². The van der Waals surface area contributed by atoms with Gasteiger partial charge in [0.1, 0.15) is 0 Å². The van der Waals surface area contributed by atoms with Crippen molar-refractivity contribution in [3.8, 4) is 5.69 Å². The van der Waals surface area contributed by atoms with Crippen LogP contribution in [-0.2, 0) is 6.42 Å². The highest BCUT2D eigenvalue weighted by molar-refractivity contribution is 5.41. The molecule has 0 radical (unpaired) electrons. The lowest BCUT2D eigenvalue weighted by atomic mass is 10.1. The average molecular weight is 217 g/mol. The van der Waals surface area contributed by atoms with Crippen molar-refractivity contribution in [2.45, 2.75) is 20.3 Å². The van der Waals surface area contributed by atoms with Crippen LogP contribution in [0.4, 0.5) is 0 Å². The van der Waals surface area contributed by atoms with Gasteiger partial charge in [-0.25, -0.2) is 0 Å². The first-order chi connectivity index (χ1) is 7.70. The van der Waals surface area contributed by atoms with Crippen molar-refractivity contribution in [3.63, 3.8) is 0 Å².